The summed E-state index contributed by atoms with van der Waals surface area (Å²) in [6, 6.07) is -0.814. The molecule has 0 aromatic heterocycles. The number of rotatable bonds is 8. The zero-order valence-corrected chi connectivity index (χ0v) is 23.3. The largest absolute Gasteiger partial charge is 1.00 e. The first-order chi connectivity index (χ1) is 9.37. The Hall–Kier alpha value is 2.69. The number of carbonyl (C=O) groups excluding carboxylic acids is 2. The molecule has 0 saturated carbocycles. The van der Waals surface area contributed by atoms with Crippen LogP contribution in [0.2, 0.25) is 0 Å². The molecule has 0 rings (SSSR count). The molecule has 0 saturated heterocycles. The number of nitrogens with two attached hydrogens (primary N) is 1. The third kappa shape index (κ3) is 19.0. The molecule has 3 amide bonds. The van der Waals surface area contributed by atoms with E-state index in [4.69, 9.17) is 5.73 Å². The maximum Gasteiger partial charge on any atom is 1.00 e. The van der Waals surface area contributed by atoms with Crippen molar-refractivity contribution < 1.29 is 115 Å². The smallest absolute Gasteiger partial charge is 1.00 e. The van der Waals surface area contributed by atoms with Crippen LogP contribution in [0.25, 0.3) is 0 Å². The first kappa shape index (κ1) is 32.4. The van der Waals surface area contributed by atoms with Gasteiger partial charge in [0.05, 0.1) is 0 Å². The number of hydrogen-bond acceptors (Lipinski definition) is 2. The van der Waals surface area contributed by atoms with Crippen molar-refractivity contribution in [2.24, 2.45) is 5.73 Å². The molecular weight excluding hydrogens is 398 g/mol. The van der Waals surface area contributed by atoms with Gasteiger partial charge in [0, 0.05) is 0 Å². The van der Waals surface area contributed by atoms with Crippen LogP contribution in [-0.4, -0.2) is 16.3 Å². The molecular formula is C15H33BrK2N2O2. The van der Waals surface area contributed by atoms with Gasteiger partial charge in [-0.05, 0) is 12.8 Å². The topological polar surface area (TPSA) is 72.2 Å². The number of primary amides is 1. The Bertz CT molecular complexity index is 280. The van der Waals surface area contributed by atoms with E-state index in [2.05, 4.69) is 29.8 Å². The maximum atomic E-state index is 11.3. The van der Waals surface area contributed by atoms with Crippen LogP contribution >= 0.6 is 15.9 Å². The molecule has 0 aliphatic heterocycles. The van der Waals surface area contributed by atoms with Crippen LogP contribution < -0.4 is 114 Å². The van der Waals surface area contributed by atoms with Crippen molar-refractivity contribution in [1.82, 2.24) is 5.32 Å². The van der Waals surface area contributed by atoms with Gasteiger partial charge in [0.15, 0.2) is 0 Å². The van der Waals surface area contributed by atoms with Crippen LogP contribution in [0.4, 0.5) is 4.79 Å². The minimum Gasteiger partial charge on any atom is -1.00 e. The number of urea groups is 1. The zero-order chi connectivity index (χ0) is 16.0. The van der Waals surface area contributed by atoms with Crippen LogP contribution in [0.3, 0.4) is 0 Å². The van der Waals surface area contributed by atoms with Gasteiger partial charge in [0.25, 0.3) is 0 Å². The predicted octanol–water partition coefficient (Wildman–Crippen LogP) is -1.27. The molecule has 3 N–H and O–H groups in total. The predicted molar refractivity (Wildman–Crippen MR) is 91.2 cm³/mol. The Labute approximate surface area is 233 Å². The Morgan fingerprint density at radius 1 is 0.955 bits per heavy atom. The van der Waals surface area contributed by atoms with E-state index in [1.54, 1.807) is 0 Å². The molecule has 0 heterocycles. The molecule has 7 heteroatoms. The molecule has 0 aliphatic rings. The van der Waals surface area contributed by atoms with E-state index in [-0.39, 0.29) is 112 Å². The van der Waals surface area contributed by atoms with Crippen molar-refractivity contribution in [1.29, 1.82) is 0 Å². The molecule has 0 radical (unpaired) electrons. The number of imide groups is 1. The van der Waals surface area contributed by atoms with Gasteiger partial charge in [-0.1, -0.05) is 82.1 Å². The molecule has 0 bridgehead atoms. The normalized spacial score (nSPS) is 9.50. The summed E-state index contributed by atoms with van der Waals surface area (Å²) in [6.45, 7) is 8.23. The van der Waals surface area contributed by atoms with E-state index in [9.17, 15) is 9.59 Å². The van der Waals surface area contributed by atoms with Gasteiger partial charge in [0.2, 0.25) is 5.91 Å². The average Bonchev–Trinajstić information content (AvgIpc) is 2.42. The standard InChI is InChI=1S/C8H18.C7H13BrN2O2.2K.2H/c1-3-5-7-8-6-4-2;1-3-7(8,4-2)5(11)10-6(9)12;;;;/h3-8H2,1-2H3;3-4H2,1-2H3,(H3,9,10,11,12);;;;/q;;2*+1;2*-1. The summed E-state index contributed by atoms with van der Waals surface area (Å²) in [4.78, 5) is 21.6. The minimum absolute atomic E-state index is 0. The molecule has 0 spiro atoms. The number of halogens is 1. The molecule has 0 fully saturated rings. The van der Waals surface area contributed by atoms with E-state index in [0.717, 1.165) is 0 Å². The Morgan fingerprint density at radius 2 is 1.32 bits per heavy atom. The molecule has 0 aromatic rings. The van der Waals surface area contributed by atoms with Crippen molar-refractivity contribution in [3.8, 4) is 0 Å². The number of hydrogen-bond donors (Lipinski definition) is 2. The number of nitrogens with one attached hydrogen (secondary N) is 1. The van der Waals surface area contributed by atoms with Gasteiger partial charge in [-0.2, -0.15) is 0 Å². The zero-order valence-electron chi connectivity index (χ0n) is 17.4. The monoisotopic (exact) mass is 430 g/mol. The molecule has 4 nitrogen and oxygen atoms in total. The van der Waals surface area contributed by atoms with Crippen molar-refractivity contribution >= 4 is 27.9 Å². The molecule has 0 unspecified atom stereocenters. The second-order valence-corrected chi connectivity index (χ2v) is 6.42. The fraction of sp³-hybridized carbons (Fsp3) is 0.867. The second-order valence-electron chi connectivity index (χ2n) is 4.91. The van der Waals surface area contributed by atoms with Crippen LogP contribution in [0, 0.1) is 0 Å². The van der Waals surface area contributed by atoms with Crippen molar-refractivity contribution in [3.63, 3.8) is 0 Å². The summed E-state index contributed by atoms with van der Waals surface area (Å²) in [7, 11) is 0. The summed E-state index contributed by atoms with van der Waals surface area (Å²) in [5, 5.41) is 2.04. The molecule has 0 aromatic carbocycles. The maximum absolute atomic E-state index is 11.3. The Morgan fingerprint density at radius 3 is 1.55 bits per heavy atom. The van der Waals surface area contributed by atoms with E-state index in [1.165, 1.54) is 38.5 Å². The van der Waals surface area contributed by atoms with E-state index < -0.39 is 10.4 Å². The number of amides is 3. The number of unbranched alkanes of at least 4 members (excludes halogenated alkanes) is 5. The van der Waals surface area contributed by atoms with Gasteiger partial charge in [-0.25, -0.2) is 4.79 Å². The SMILES string of the molecule is CCC(Br)(CC)C(=O)NC(N)=O.CCCCCCCC.[H-].[H-].[K+].[K+]. The van der Waals surface area contributed by atoms with Gasteiger partial charge in [0.1, 0.15) is 4.32 Å². The van der Waals surface area contributed by atoms with Crippen LogP contribution in [-0.2, 0) is 4.79 Å². The summed E-state index contributed by atoms with van der Waals surface area (Å²) < 4.78 is -0.665. The fourth-order valence-corrected chi connectivity index (χ4v) is 1.75. The minimum atomic E-state index is -0.814. The third-order valence-corrected chi connectivity index (χ3v) is 4.70. The van der Waals surface area contributed by atoms with E-state index >= 15 is 0 Å². The summed E-state index contributed by atoms with van der Waals surface area (Å²) >= 11 is 3.26. The number of carbonyl (C=O) groups is 2. The molecule has 124 valence electrons. The third-order valence-electron chi connectivity index (χ3n) is 3.22. The van der Waals surface area contributed by atoms with Crippen molar-refractivity contribution in [2.75, 3.05) is 0 Å². The van der Waals surface area contributed by atoms with E-state index in [1.807, 2.05) is 19.2 Å². The summed E-state index contributed by atoms with van der Waals surface area (Å²) in [5.74, 6) is -0.375. The van der Waals surface area contributed by atoms with Crippen LogP contribution in [0.1, 0.15) is 81.9 Å². The first-order valence-corrected chi connectivity index (χ1v) is 8.46. The molecule has 0 aliphatic carbocycles. The average molecular weight is 432 g/mol. The van der Waals surface area contributed by atoms with Gasteiger partial charge in [-0.15, -0.1) is 0 Å². The molecule has 22 heavy (non-hydrogen) atoms. The van der Waals surface area contributed by atoms with Crippen LogP contribution in [0.5, 0.6) is 0 Å². The van der Waals surface area contributed by atoms with Gasteiger partial charge in [-0.3, -0.25) is 10.1 Å². The summed E-state index contributed by atoms with van der Waals surface area (Å²) in [6.07, 6.45) is 9.72. The van der Waals surface area contributed by atoms with Gasteiger partial charge >= 0.3 is 109 Å². The van der Waals surface area contributed by atoms with E-state index in [0.29, 0.717) is 12.8 Å². The fourth-order valence-electron chi connectivity index (χ4n) is 1.65. The second kappa shape index (κ2) is 21.7. The first-order valence-electron chi connectivity index (χ1n) is 7.67. The van der Waals surface area contributed by atoms with Gasteiger partial charge < -0.3 is 8.59 Å². The quantitative estimate of drug-likeness (QED) is 0.286. The number of alkyl halides is 1. The summed E-state index contributed by atoms with van der Waals surface area (Å²) in [5.41, 5.74) is 4.81. The Balaban J connectivity index is -0.0000000609. The van der Waals surface area contributed by atoms with Crippen LogP contribution in [0.15, 0.2) is 0 Å². The van der Waals surface area contributed by atoms with Crippen molar-refractivity contribution in [3.05, 3.63) is 0 Å². The van der Waals surface area contributed by atoms with Crippen molar-refractivity contribution in [2.45, 2.75) is 83.4 Å². The molecule has 0 atom stereocenters. The Kier molecular flexibility index (Phi) is 32.0.